The minimum atomic E-state index is -0.213. The van der Waals surface area contributed by atoms with E-state index >= 15 is 0 Å². The van der Waals surface area contributed by atoms with Crippen molar-refractivity contribution < 1.29 is 14.3 Å². The average Bonchev–Trinajstić information content (AvgIpc) is 2.59. The number of piperidine rings is 1. The minimum absolute atomic E-state index is 0. The fourth-order valence-corrected chi connectivity index (χ4v) is 3.41. The van der Waals surface area contributed by atoms with Crippen molar-refractivity contribution in [1.29, 1.82) is 0 Å². The number of morpholine rings is 1. The standard InChI is InChI=1S/C19H28N2O3.ClH/c1-13-4-5-14(2)17(12-13)24-16-6-9-21(10-7-16)19(22)18-15(3)23-11-8-20-18;/h4-5,12,15-16,18,20H,6-11H2,1-3H3;1H/t15-,18+;/m1./s1. The van der Waals surface area contributed by atoms with Crippen molar-refractivity contribution in [1.82, 2.24) is 10.2 Å². The largest absolute Gasteiger partial charge is 0.490 e. The molecule has 1 N–H and O–H groups in total. The second-order valence-corrected chi connectivity index (χ2v) is 6.92. The van der Waals surface area contributed by atoms with Crippen molar-refractivity contribution in [2.75, 3.05) is 26.2 Å². The third kappa shape index (κ3) is 4.87. The lowest BCUT2D eigenvalue weighted by Crippen LogP contribution is -2.57. The first-order chi connectivity index (χ1) is 11.5. The molecule has 3 rings (SSSR count). The molecule has 0 aliphatic carbocycles. The van der Waals surface area contributed by atoms with Crippen LogP contribution in [0, 0.1) is 13.8 Å². The Morgan fingerprint density at radius 1 is 1.28 bits per heavy atom. The molecule has 2 saturated heterocycles. The lowest BCUT2D eigenvalue weighted by atomic mass is 10.0. The summed E-state index contributed by atoms with van der Waals surface area (Å²) in [5.41, 5.74) is 2.37. The fraction of sp³-hybridized carbons (Fsp3) is 0.632. The molecule has 0 radical (unpaired) electrons. The molecule has 5 nitrogen and oxygen atoms in total. The fourth-order valence-electron chi connectivity index (χ4n) is 3.41. The van der Waals surface area contributed by atoms with Crippen LogP contribution in [0.5, 0.6) is 5.75 Å². The number of ether oxygens (including phenoxy) is 2. The van der Waals surface area contributed by atoms with E-state index in [0.29, 0.717) is 6.61 Å². The van der Waals surface area contributed by atoms with E-state index in [0.717, 1.165) is 43.8 Å². The van der Waals surface area contributed by atoms with E-state index in [1.54, 1.807) is 0 Å². The van der Waals surface area contributed by atoms with Crippen LogP contribution in [0.15, 0.2) is 18.2 Å². The van der Waals surface area contributed by atoms with Gasteiger partial charge >= 0.3 is 0 Å². The van der Waals surface area contributed by atoms with Gasteiger partial charge in [-0.1, -0.05) is 12.1 Å². The first-order valence-electron chi connectivity index (χ1n) is 8.92. The Hall–Kier alpha value is -1.30. The summed E-state index contributed by atoms with van der Waals surface area (Å²) in [6.45, 7) is 9.03. The lowest BCUT2D eigenvalue weighted by molar-refractivity contribution is -0.141. The van der Waals surface area contributed by atoms with Gasteiger partial charge in [-0.25, -0.2) is 0 Å². The maximum Gasteiger partial charge on any atom is 0.242 e. The Bertz CT molecular complexity index is 588. The van der Waals surface area contributed by atoms with Crippen LogP contribution >= 0.6 is 12.4 Å². The number of hydrogen-bond donors (Lipinski definition) is 1. The molecule has 0 unspecified atom stereocenters. The molecular weight excluding hydrogens is 340 g/mol. The Kier molecular flexibility index (Phi) is 7.11. The van der Waals surface area contributed by atoms with E-state index in [4.69, 9.17) is 9.47 Å². The van der Waals surface area contributed by atoms with Crippen molar-refractivity contribution in [3.63, 3.8) is 0 Å². The molecule has 2 atom stereocenters. The number of carbonyl (C=O) groups excluding carboxylic acids is 1. The number of nitrogens with one attached hydrogen (secondary N) is 1. The first-order valence-corrected chi connectivity index (χ1v) is 8.92. The van der Waals surface area contributed by atoms with Gasteiger partial charge in [-0.05, 0) is 38.0 Å². The molecule has 0 saturated carbocycles. The summed E-state index contributed by atoms with van der Waals surface area (Å²) in [4.78, 5) is 14.6. The molecule has 6 heteroatoms. The van der Waals surface area contributed by atoms with Gasteiger partial charge in [0.15, 0.2) is 0 Å². The zero-order chi connectivity index (χ0) is 17.1. The third-order valence-corrected chi connectivity index (χ3v) is 4.97. The predicted octanol–water partition coefficient (Wildman–Crippen LogP) is 2.47. The van der Waals surface area contributed by atoms with E-state index in [-0.39, 0.29) is 36.6 Å². The summed E-state index contributed by atoms with van der Waals surface area (Å²) in [5, 5.41) is 3.28. The van der Waals surface area contributed by atoms with Crippen LogP contribution in [0.2, 0.25) is 0 Å². The van der Waals surface area contributed by atoms with E-state index in [1.165, 1.54) is 5.56 Å². The molecule has 0 spiro atoms. The maximum atomic E-state index is 12.7. The molecule has 2 aliphatic heterocycles. The Morgan fingerprint density at radius 3 is 2.68 bits per heavy atom. The van der Waals surface area contributed by atoms with Gasteiger partial charge in [0.05, 0.1) is 12.7 Å². The van der Waals surface area contributed by atoms with Crippen LogP contribution in [0.25, 0.3) is 0 Å². The average molecular weight is 369 g/mol. The number of hydrogen-bond acceptors (Lipinski definition) is 4. The summed E-state index contributed by atoms with van der Waals surface area (Å²) >= 11 is 0. The number of halogens is 1. The summed E-state index contributed by atoms with van der Waals surface area (Å²) in [6, 6.07) is 6.08. The van der Waals surface area contributed by atoms with Gasteiger partial charge in [-0.3, -0.25) is 4.79 Å². The first kappa shape index (κ1) is 20.0. The van der Waals surface area contributed by atoms with E-state index < -0.39 is 0 Å². The van der Waals surface area contributed by atoms with Gasteiger partial charge in [0.1, 0.15) is 17.9 Å². The number of likely N-dealkylation sites (tertiary alicyclic amines) is 1. The highest BCUT2D eigenvalue weighted by Crippen LogP contribution is 2.24. The van der Waals surface area contributed by atoms with Crippen LogP contribution in [0.4, 0.5) is 0 Å². The SMILES string of the molecule is Cc1ccc(C)c(OC2CCN(C(=O)[C@H]3NCCO[C@@H]3C)CC2)c1.Cl. The van der Waals surface area contributed by atoms with E-state index in [1.807, 2.05) is 11.8 Å². The highest BCUT2D eigenvalue weighted by molar-refractivity contribution is 5.85. The maximum absolute atomic E-state index is 12.7. The molecule has 140 valence electrons. The molecule has 1 amide bonds. The van der Waals surface area contributed by atoms with Gasteiger partial charge in [0, 0.05) is 32.5 Å². The second-order valence-electron chi connectivity index (χ2n) is 6.92. The number of aryl methyl sites for hydroxylation is 2. The normalized spacial score (nSPS) is 24.5. The van der Waals surface area contributed by atoms with E-state index in [2.05, 4.69) is 37.4 Å². The second kappa shape index (κ2) is 8.88. The molecular formula is C19H29ClN2O3. The highest BCUT2D eigenvalue weighted by atomic mass is 35.5. The number of nitrogens with zero attached hydrogens (tertiary/aromatic N) is 1. The number of benzene rings is 1. The van der Waals surface area contributed by atoms with Gasteiger partial charge in [0.2, 0.25) is 5.91 Å². The van der Waals surface area contributed by atoms with E-state index in [9.17, 15) is 4.79 Å². The smallest absolute Gasteiger partial charge is 0.242 e. The molecule has 0 bridgehead atoms. The monoisotopic (exact) mass is 368 g/mol. The van der Waals surface area contributed by atoms with Crippen molar-refractivity contribution in [2.24, 2.45) is 0 Å². The van der Waals surface area contributed by atoms with Gasteiger partial charge in [-0.2, -0.15) is 0 Å². The van der Waals surface area contributed by atoms with Crippen LogP contribution in [-0.4, -0.2) is 55.3 Å². The molecule has 2 heterocycles. The van der Waals surface area contributed by atoms with Gasteiger partial charge in [0.25, 0.3) is 0 Å². The van der Waals surface area contributed by atoms with Crippen molar-refractivity contribution in [3.8, 4) is 5.75 Å². The quantitative estimate of drug-likeness (QED) is 0.890. The van der Waals surface area contributed by atoms with Crippen LogP contribution in [-0.2, 0) is 9.53 Å². The Labute approximate surface area is 156 Å². The molecule has 1 aromatic carbocycles. The van der Waals surface area contributed by atoms with Crippen LogP contribution in [0.3, 0.4) is 0 Å². The number of carbonyl (C=O) groups is 1. The zero-order valence-electron chi connectivity index (χ0n) is 15.3. The predicted molar refractivity (Wildman–Crippen MR) is 101 cm³/mol. The Morgan fingerprint density at radius 2 is 2.00 bits per heavy atom. The lowest BCUT2D eigenvalue weighted by Gasteiger charge is -2.37. The van der Waals surface area contributed by atoms with Gasteiger partial charge in [-0.15, -0.1) is 12.4 Å². The summed E-state index contributed by atoms with van der Waals surface area (Å²) in [6.07, 6.45) is 1.88. The third-order valence-electron chi connectivity index (χ3n) is 4.97. The van der Waals surface area contributed by atoms with Crippen molar-refractivity contribution in [2.45, 2.75) is 51.9 Å². The Balaban J connectivity index is 0.00000225. The molecule has 25 heavy (non-hydrogen) atoms. The summed E-state index contributed by atoms with van der Waals surface area (Å²) in [7, 11) is 0. The van der Waals surface area contributed by atoms with Gasteiger partial charge < -0.3 is 19.7 Å². The van der Waals surface area contributed by atoms with Crippen LogP contribution < -0.4 is 10.1 Å². The van der Waals surface area contributed by atoms with Crippen molar-refractivity contribution >= 4 is 18.3 Å². The zero-order valence-corrected chi connectivity index (χ0v) is 16.1. The molecule has 0 aromatic heterocycles. The number of amides is 1. The van der Waals surface area contributed by atoms with Crippen molar-refractivity contribution in [3.05, 3.63) is 29.3 Å². The summed E-state index contributed by atoms with van der Waals surface area (Å²) in [5.74, 6) is 1.13. The highest BCUT2D eigenvalue weighted by Gasteiger charge is 2.33. The molecule has 1 aromatic rings. The topological polar surface area (TPSA) is 50.8 Å². The minimum Gasteiger partial charge on any atom is -0.490 e. The number of rotatable bonds is 3. The molecule has 2 fully saturated rings. The summed E-state index contributed by atoms with van der Waals surface area (Å²) < 4.78 is 11.8. The molecule has 2 aliphatic rings. The van der Waals surface area contributed by atoms with Crippen LogP contribution in [0.1, 0.15) is 30.9 Å².